The highest BCUT2D eigenvalue weighted by molar-refractivity contribution is 5.78. The van der Waals surface area contributed by atoms with Crippen molar-refractivity contribution in [1.82, 2.24) is 5.01 Å². The average molecular weight is 386 g/mol. The zero-order valence-electron chi connectivity index (χ0n) is 17.7. The van der Waals surface area contributed by atoms with Crippen LogP contribution in [0.5, 0.6) is 0 Å². The van der Waals surface area contributed by atoms with E-state index in [0.717, 1.165) is 38.0 Å². The van der Waals surface area contributed by atoms with E-state index in [9.17, 15) is 0 Å². The van der Waals surface area contributed by atoms with Crippen LogP contribution in [0.3, 0.4) is 0 Å². The molecule has 29 heavy (non-hydrogen) atoms. The van der Waals surface area contributed by atoms with Gasteiger partial charge in [0.25, 0.3) is 0 Å². The first-order chi connectivity index (χ1) is 14.1. The number of hydrazine groups is 1. The minimum absolute atomic E-state index is 0.969. The summed E-state index contributed by atoms with van der Waals surface area (Å²) in [5.41, 5.74) is 18.1. The van der Waals surface area contributed by atoms with Crippen molar-refractivity contribution in [3.63, 3.8) is 0 Å². The van der Waals surface area contributed by atoms with Crippen LogP contribution >= 0.6 is 0 Å². The summed E-state index contributed by atoms with van der Waals surface area (Å²) in [5.74, 6) is 0. The third-order valence-electron chi connectivity index (χ3n) is 6.70. The van der Waals surface area contributed by atoms with Crippen LogP contribution in [0, 0.1) is 6.92 Å². The van der Waals surface area contributed by atoms with E-state index in [-0.39, 0.29) is 0 Å². The van der Waals surface area contributed by atoms with Crippen molar-refractivity contribution in [3.05, 3.63) is 76.0 Å². The maximum absolute atomic E-state index is 6.12. The number of allylic oxidation sites excluding steroid dienone is 4. The van der Waals surface area contributed by atoms with Gasteiger partial charge in [0.15, 0.2) is 0 Å². The lowest BCUT2D eigenvalue weighted by Crippen LogP contribution is -2.44. The smallest absolute Gasteiger partial charge is 0.0616 e. The molecule has 0 spiro atoms. The maximum Gasteiger partial charge on any atom is 0.0616 e. The lowest BCUT2D eigenvalue weighted by Gasteiger charge is -2.43. The molecule has 2 aromatic carbocycles. The van der Waals surface area contributed by atoms with Crippen LogP contribution in [0.4, 0.5) is 11.4 Å². The number of anilines is 2. The molecule has 1 fully saturated rings. The molecule has 0 saturated carbocycles. The number of piperidine rings is 1. The summed E-state index contributed by atoms with van der Waals surface area (Å²) < 4.78 is 0. The summed E-state index contributed by atoms with van der Waals surface area (Å²) in [5, 5.41) is 5.07. The Labute approximate surface area is 174 Å². The van der Waals surface area contributed by atoms with E-state index >= 15 is 0 Å². The summed E-state index contributed by atoms with van der Waals surface area (Å²) in [6.07, 6.45) is 9.21. The van der Waals surface area contributed by atoms with Gasteiger partial charge in [0.1, 0.15) is 0 Å². The number of rotatable bonds is 2. The molecule has 5 rings (SSSR count). The van der Waals surface area contributed by atoms with Crippen LogP contribution in [0.2, 0.25) is 0 Å². The van der Waals surface area contributed by atoms with Crippen LogP contribution in [0.25, 0.3) is 5.57 Å². The molecule has 0 bridgehead atoms. The Morgan fingerprint density at radius 1 is 0.828 bits per heavy atom. The number of nitrogens with zero attached hydrogens (tertiary/aromatic N) is 2. The number of benzene rings is 2. The number of hydrogen-bond donors (Lipinski definition) is 1. The molecule has 150 valence electrons. The highest BCUT2D eigenvalue weighted by Gasteiger charge is 2.28. The van der Waals surface area contributed by atoms with Gasteiger partial charge in [0.2, 0.25) is 0 Å². The van der Waals surface area contributed by atoms with Crippen molar-refractivity contribution in [2.24, 2.45) is 5.73 Å². The topological polar surface area (TPSA) is 32.5 Å². The van der Waals surface area contributed by atoms with Crippen LogP contribution in [0.15, 0.2) is 53.7 Å². The number of nitrogens with two attached hydrogens (primary N) is 1. The molecule has 0 atom stereocenters. The molecule has 2 aromatic rings. The summed E-state index contributed by atoms with van der Waals surface area (Å²) in [6.45, 7) is 6.61. The molecule has 2 heterocycles. The van der Waals surface area contributed by atoms with E-state index < -0.39 is 0 Å². The average Bonchev–Trinajstić information content (AvgIpc) is 2.74. The van der Waals surface area contributed by atoms with Gasteiger partial charge in [-0.05, 0) is 85.6 Å². The Hall–Kier alpha value is -2.52. The summed E-state index contributed by atoms with van der Waals surface area (Å²) in [4.78, 5) is 0. The standard InChI is InChI=1S/C26H31N3/c1-18-6-10-25-22(14-18)17-23-16-21(20-7-9-24(27)19(2)15-20)8-11-26(23)29(25)28-12-4-3-5-13-28/h6,8,10-11,14-16H,3-5,7,9,12-13,17,27H2,1-2H3. The van der Waals surface area contributed by atoms with Gasteiger partial charge in [-0.15, -0.1) is 0 Å². The minimum Gasteiger partial charge on any atom is -0.402 e. The predicted octanol–water partition coefficient (Wildman–Crippen LogP) is 5.85. The second-order valence-electron chi connectivity index (χ2n) is 8.86. The molecule has 3 heteroatoms. The highest BCUT2D eigenvalue weighted by Crippen LogP contribution is 2.42. The predicted molar refractivity (Wildman–Crippen MR) is 122 cm³/mol. The lowest BCUT2D eigenvalue weighted by atomic mass is 9.88. The first kappa shape index (κ1) is 18.5. The van der Waals surface area contributed by atoms with E-state index in [0.29, 0.717) is 0 Å². The SMILES string of the molecule is CC1=C(N)CCC(c2ccc3c(c2)Cc2cc(C)ccc2N3N2CCCCC2)=C1. The van der Waals surface area contributed by atoms with Crippen molar-refractivity contribution < 1.29 is 0 Å². The number of aryl methyl sites for hydroxylation is 1. The third-order valence-corrected chi connectivity index (χ3v) is 6.70. The molecule has 0 amide bonds. The molecule has 2 aliphatic heterocycles. The Bertz CT molecular complexity index is 1010. The van der Waals surface area contributed by atoms with Gasteiger partial charge in [0.05, 0.1) is 11.4 Å². The molecular formula is C26H31N3. The zero-order chi connectivity index (χ0) is 20.0. The monoisotopic (exact) mass is 385 g/mol. The van der Waals surface area contributed by atoms with E-state index in [4.69, 9.17) is 5.73 Å². The van der Waals surface area contributed by atoms with E-state index in [1.54, 1.807) is 0 Å². The van der Waals surface area contributed by atoms with Crippen LogP contribution in [0.1, 0.15) is 61.3 Å². The fraction of sp³-hybridized carbons (Fsp3) is 0.385. The summed E-state index contributed by atoms with van der Waals surface area (Å²) >= 11 is 0. The first-order valence-corrected chi connectivity index (χ1v) is 11.0. The van der Waals surface area contributed by atoms with Crippen molar-refractivity contribution in [1.29, 1.82) is 0 Å². The largest absolute Gasteiger partial charge is 0.402 e. The highest BCUT2D eigenvalue weighted by atomic mass is 15.6. The van der Waals surface area contributed by atoms with E-state index in [1.165, 1.54) is 64.0 Å². The Morgan fingerprint density at radius 2 is 1.55 bits per heavy atom. The van der Waals surface area contributed by atoms with E-state index in [2.05, 4.69) is 66.3 Å². The maximum atomic E-state index is 6.12. The lowest BCUT2D eigenvalue weighted by molar-refractivity contribution is 0.230. The molecule has 3 aliphatic rings. The molecule has 0 unspecified atom stereocenters. The molecule has 1 saturated heterocycles. The van der Waals surface area contributed by atoms with Gasteiger partial charge in [-0.1, -0.05) is 36.3 Å². The van der Waals surface area contributed by atoms with E-state index in [1.807, 2.05) is 0 Å². The summed E-state index contributed by atoms with van der Waals surface area (Å²) in [7, 11) is 0. The number of hydrogen-bond acceptors (Lipinski definition) is 3. The zero-order valence-corrected chi connectivity index (χ0v) is 17.7. The third kappa shape index (κ3) is 3.38. The van der Waals surface area contributed by atoms with Crippen LogP contribution in [-0.4, -0.2) is 18.1 Å². The fourth-order valence-corrected chi connectivity index (χ4v) is 5.03. The van der Waals surface area contributed by atoms with Crippen molar-refractivity contribution >= 4 is 16.9 Å². The molecule has 0 radical (unpaired) electrons. The van der Waals surface area contributed by atoms with Gasteiger partial charge in [-0.25, -0.2) is 5.01 Å². The normalized spacial score (nSPS) is 19.7. The van der Waals surface area contributed by atoms with Gasteiger partial charge in [0, 0.05) is 25.2 Å². The van der Waals surface area contributed by atoms with Gasteiger partial charge < -0.3 is 5.73 Å². The Morgan fingerprint density at radius 3 is 2.31 bits per heavy atom. The van der Waals surface area contributed by atoms with Gasteiger partial charge >= 0.3 is 0 Å². The van der Waals surface area contributed by atoms with Crippen LogP contribution < -0.4 is 10.7 Å². The summed E-state index contributed by atoms with van der Waals surface area (Å²) in [6, 6.07) is 14.0. The molecule has 3 nitrogen and oxygen atoms in total. The van der Waals surface area contributed by atoms with Gasteiger partial charge in [-0.2, -0.15) is 0 Å². The number of fused-ring (bicyclic) bond motifs is 2. The Kier molecular flexibility index (Phi) is 4.71. The molecule has 1 aliphatic carbocycles. The molecule has 0 aromatic heterocycles. The van der Waals surface area contributed by atoms with Crippen LogP contribution in [-0.2, 0) is 6.42 Å². The molecule has 2 N–H and O–H groups in total. The second-order valence-corrected chi connectivity index (χ2v) is 8.86. The Balaban J connectivity index is 1.58. The second kappa shape index (κ2) is 7.38. The minimum atomic E-state index is 0.969. The first-order valence-electron chi connectivity index (χ1n) is 11.0. The van der Waals surface area contributed by atoms with Crippen molar-refractivity contribution in [3.8, 4) is 0 Å². The van der Waals surface area contributed by atoms with Crippen molar-refractivity contribution in [2.75, 3.05) is 18.1 Å². The molecular weight excluding hydrogens is 354 g/mol. The van der Waals surface area contributed by atoms with Gasteiger partial charge in [-0.3, -0.25) is 5.01 Å². The van der Waals surface area contributed by atoms with Crippen molar-refractivity contribution in [2.45, 2.75) is 52.4 Å². The quantitative estimate of drug-likeness (QED) is 0.704. The fourth-order valence-electron chi connectivity index (χ4n) is 5.03.